The molecular formula is C25H18BrClO5. The van der Waals surface area contributed by atoms with E-state index in [1.165, 1.54) is 0 Å². The summed E-state index contributed by atoms with van der Waals surface area (Å²) in [7, 11) is 0. The van der Waals surface area contributed by atoms with Crippen molar-refractivity contribution in [3.05, 3.63) is 91.6 Å². The molecule has 3 aromatic rings. The van der Waals surface area contributed by atoms with Gasteiger partial charge in [0.25, 0.3) is 0 Å². The third kappa shape index (κ3) is 4.01. The number of fused-ring (bicyclic) bond motifs is 2. The Morgan fingerprint density at radius 1 is 1.19 bits per heavy atom. The van der Waals surface area contributed by atoms with E-state index in [-0.39, 0.29) is 18.3 Å². The van der Waals surface area contributed by atoms with E-state index < -0.39 is 0 Å². The second-order valence-electron chi connectivity index (χ2n) is 7.53. The lowest BCUT2D eigenvalue weighted by molar-refractivity contribution is -0.0176. The Morgan fingerprint density at radius 2 is 2.03 bits per heavy atom. The van der Waals surface area contributed by atoms with Crippen LogP contribution in [0.2, 0.25) is 5.02 Å². The number of hydrogen-bond donors (Lipinski definition) is 0. The number of ketones is 1. The zero-order valence-corrected chi connectivity index (χ0v) is 19.5. The molecule has 162 valence electrons. The van der Waals surface area contributed by atoms with E-state index in [4.69, 9.17) is 30.5 Å². The number of allylic oxidation sites excluding steroid dienone is 1. The number of hydrogen-bond acceptors (Lipinski definition) is 5. The molecular weight excluding hydrogens is 496 g/mol. The summed E-state index contributed by atoms with van der Waals surface area (Å²) in [6.45, 7) is 2.88. The maximum Gasteiger partial charge on any atom is 0.232 e. The van der Waals surface area contributed by atoms with E-state index in [0.717, 1.165) is 32.5 Å². The van der Waals surface area contributed by atoms with E-state index >= 15 is 0 Å². The fourth-order valence-electron chi connectivity index (χ4n) is 3.82. The van der Waals surface area contributed by atoms with Crippen LogP contribution in [0, 0.1) is 6.92 Å². The predicted molar refractivity (Wildman–Crippen MR) is 124 cm³/mol. The molecule has 0 radical (unpaired) electrons. The molecule has 0 saturated heterocycles. The molecule has 0 spiro atoms. The second-order valence-corrected chi connectivity index (χ2v) is 8.85. The van der Waals surface area contributed by atoms with Gasteiger partial charge in [0.2, 0.25) is 5.78 Å². The lowest BCUT2D eigenvalue weighted by Gasteiger charge is -2.21. The smallest absolute Gasteiger partial charge is 0.232 e. The van der Waals surface area contributed by atoms with Gasteiger partial charge in [-0.05, 0) is 48.4 Å². The van der Waals surface area contributed by atoms with Gasteiger partial charge in [-0.15, -0.1) is 0 Å². The zero-order chi connectivity index (χ0) is 22.2. The van der Waals surface area contributed by atoms with E-state index in [0.29, 0.717) is 35.3 Å². The van der Waals surface area contributed by atoms with Crippen LogP contribution in [0.15, 0.2) is 58.8 Å². The maximum atomic E-state index is 12.9. The molecule has 7 heteroatoms. The van der Waals surface area contributed by atoms with Crippen LogP contribution < -0.4 is 14.2 Å². The molecule has 3 aromatic carbocycles. The Balaban J connectivity index is 1.40. The summed E-state index contributed by atoms with van der Waals surface area (Å²) < 4.78 is 23.9. The molecule has 0 aliphatic carbocycles. The van der Waals surface area contributed by atoms with Crippen molar-refractivity contribution in [3.63, 3.8) is 0 Å². The monoisotopic (exact) mass is 512 g/mol. The predicted octanol–water partition coefficient (Wildman–Crippen LogP) is 6.47. The Kier molecular flexibility index (Phi) is 5.67. The summed E-state index contributed by atoms with van der Waals surface area (Å²) in [5, 5.41) is 0.554. The van der Waals surface area contributed by atoms with Crippen LogP contribution in [0.4, 0.5) is 0 Å². The van der Waals surface area contributed by atoms with Crippen molar-refractivity contribution in [1.82, 2.24) is 0 Å². The molecule has 0 N–H and O–H groups in total. The first kappa shape index (κ1) is 21.1. The second kappa shape index (κ2) is 8.62. The van der Waals surface area contributed by atoms with Crippen LogP contribution in [0.5, 0.6) is 17.2 Å². The van der Waals surface area contributed by atoms with Crippen molar-refractivity contribution in [2.45, 2.75) is 20.1 Å². The highest BCUT2D eigenvalue weighted by atomic mass is 79.9. The molecule has 0 fully saturated rings. The third-order valence-electron chi connectivity index (χ3n) is 5.28. The average molecular weight is 514 g/mol. The summed E-state index contributed by atoms with van der Waals surface area (Å²) >= 11 is 9.75. The minimum atomic E-state index is -0.168. The molecule has 0 aromatic heterocycles. The number of halogens is 2. The molecule has 5 rings (SSSR count). The molecule has 2 heterocycles. The average Bonchev–Trinajstić information content (AvgIpc) is 3.09. The number of ether oxygens (including phenoxy) is 4. The normalized spacial score (nSPS) is 15.7. The summed E-state index contributed by atoms with van der Waals surface area (Å²) in [6.07, 6.45) is 1.66. The first-order chi connectivity index (χ1) is 15.5. The molecule has 32 heavy (non-hydrogen) atoms. The molecule has 0 amide bonds. The van der Waals surface area contributed by atoms with Gasteiger partial charge in [-0.2, -0.15) is 0 Å². The molecule has 2 aliphatic rings. The van der Waals surface area contributed by atoms with Crippen molar-refractivity contribution in [3.8, 4) is 17.2 Å². The minimum absolute atomic E-state index is 0.168. The van der Waals surface area contributed by atoms with E-state index in [2.05, 4.69) is 15.9 Å². The highest BCUT2D eigenvalue weighted by molar-refractivity contribution is 9.10. The van der Waals surface area contributed by atoms with Gasteiger partial charge in [0, 0.05) is 26.7 Å². The number of rotatable bonds is 4. The Morgan fingerprint density at radius 3 is 2.88 bits per heavy atom. The van der Waals surface area contributed by atoms with Gasteiger partial charge in [0.15, 0.2) is 12.6 Å². The van der Waals surface area contributed by atoms with Gasteiger partial charge < -0.3 is 18.9 Å². The van der Waals surface area contributed by atoms with Gasteiger partial charge in [-0.1, -0.05) is 45.7 Å². The number of carbonyl (C=O) groups is 1. The highest BCUT2D eigenvalue weighted by Crippen LogP contribution is 2.39. The molecule has 0 bridgehead atoms. The lowest BCUT2D eigenvalue weighted by atomic mass is 10.0. The van der Waals surface area contributed by atoms with Crippen LogP contribution in [0.1, 0.15) is 32.6 Å². The van der Waals surface area contributed by atoms with Gasteiger partial charge in [0.1, 0.15) is 23.9 Å². The fraction of sp³-hybridized carbons (Fsp3) is 0.160. The Bertz CT molecular complexity index is 1270. The number of aryl methyl sites for hydroxylation is 1. The van der Waals surface area contributed by atoms with Crippen LogP contribution in [-0.4, -0.2) is 12.6 Å². The van der Waals surface area contributed by atoms with Crippen LogP contribution >= 0.6 is 27.5 Å². The molecule has 0 unspecified atom stereocenters. The molecule has 0 saturated carbocycles. The van der Waals surface area contributed by atoms with Crippen molar-refractivity contribution in [2.24, 2.45) is 0 Å². The number of carbonyl (C=O) groups excluding carboxylic acids is 1. The van der Waals surface area contributed by atoms with Crippen LogP contribution in [0.25, 0.3) is 6.08 Å². The summed E-state index contributed by atoms with van der Waals surface area (Å²) in [4.78, 5) is 12.9. The summed E-state index contributed by atoms with van der Waals surface area (Å²) in [5.74, 6) is 1.94. The minimum Gasteiger partial charge on any atom is -0.489 e. The Hall–Kier alpha value is -2.80. The molecule has 2 aliphatic heterocycles. The first-order valence-electron chi connectivity index (χ1n) is 9.97. The number of benzene rings is 3. The van der Waals surface area contributed by atoms with Gasteiger partial charge in [-0.3, -0.25) is 4.79 Å². The lowest BCUT2D eigenvalue weighted by Crippen LogP contribution is -2.14. The third-order valence-corrected chi connectivity index (χ3v) is 6.08. The van der Waals surface area contributed by atoms with Crippen molar-refractivity contribution in [2.75, 3.05) is 6.79 Å². The van der Waals surface area contributed by atoms with Crippen molar-refractivity contribution < 1.29 is 23.7 Å². The SMILES string of the molecule is Cc1cc(OCc2cc(Br)cc3c2OCOC3)cc2c1C(=O)/C(=C/c1ccccc1Cl)O2. The Labute approximate surface area is 198 Å². The number of Topliss-reactive ketones (excluding diaryl/α,β-unsaturated/α-hetero) is 1. The zero-order valence-electron chi connectivity index (χ0n) is 17.1. The van der Waals surface area contributed by atoms with Crippen molar-refractivity contribution in [1.29, 1.82) is 0 Å². The van der Waals surface area contributed by atoms with E-state index in [9.17, 15) is 4.79 Å². The largest absolute Gasteiger partial charge is 0.489 e. The van der Waals surface area contributed by atoms with Gasteiger partial charge in [-0.25, -0.2) is 0 Å². The first-order valence-corrected chi connectivity index (χ1v) is 11.1. The van der Waals surface area contributed by atoms with Crippen molar-refractivity contribution >= 4 is 39.4 Å². The highest BCUT2D eigenvalue weighted by Gasteiger charge is 2.30. The standard InChI is InChI=1S/C25H18BrClO5/c1-14-6-19(30-12-17-8-18(26)7-16-11-29-13-31-25(16)17)10-21-23(14)24(28)22(32-21)9-15-4-2-3-5-20(15)27/h2-10H,11-13H2,1H3/b22-9-. The quantitative estimate of drug-likeness (QED) is 0.374. The summed E-state index contributed by atoms with van der Waals surface area (Å²) in [5.41, 5.74) is 3.93. The van der Waals surface area contributed by atoms with Crippen LogP contribution in [-0.2, 0) is 18.0 Å². The van der Waals surface area contributed by atoms with E-state index in [1.807, 2.05) is 43.3 Å². The van der Waals surface area contributed by atoms with Gasteiger partial charge in [0.05, 0.1) is 12.2 Å². The topological polar surface area (TPSA) is 54.0 Å². The van der Waals surface area contributed by atoms with Gasteiger partial charge >= 0.3 is 0 Å². The van der Waals surface area contributed by atoms with Crippen LogP contribution in [0.3, 0.4) is 0 Å². The van der Waals surface area contributed by atoms with E-state index in [1.54, 1.807) is 18.2 Å². The molecule has 0 atom stereocenters. The maximum absolute atomic E-state index is 12.9. The molecule has 5 nitrogen and oxygen atoms in total. The summed E-state index contributed by atoms with van der Waals surface area (Å²) in [6, 6.07) is 14.8. The fourth-order valence-corrected chi connectivity index (χ4v) is 4.56.